The van der Waals surface area contributed by atoms with Crippen LogP contribution in [0.5, 0.6) is 0 Å². The zero-order valence-corrected chi connectivity index (χ0v) is 12.7. The minimum Gasteiger partial charge on any atom is -0.245 e. The molecule has 1 N–H and O–H groups in total. The summed E-state index contributed by atoms with van der Waals surface area (Å²) in [7, 11) is -3.70. The van der Waals surface area contributed by atoms with Crippen LogP contribution in [0.1, 0.15) is 35.0 Å². The van der Waals surface area contributed by atoms with Gasteiger partial charge in [0, 0.05) is 11.3 Å². The molecule has 0 amide bonds. The first kappa shape index (κ1) is 14.2. The molecule has 1 aliphatic rings. The van der Waals surface area contributed by atoms with Crippen molar-refractivity contribution in [3.05, 3.63) is 45.9 Å². The molecular formula is C14H13N3O2S2. The highest BCUT2D eigenvalue weighted by Crippen LogP contribution is 2.41. The van der Waals surface area contributed by atoms with Crippen molar-refractivity contribution in [3.63, 3.8) is 0 Å². The minimum absolute atomic E-state index is 0.00476. The highest BCUT2D eigenvalue weighted by molar-refractivity contribution is 7.89. The van der Waals surface area contributed by atoms with E-state index < -0.39 is 10.0 Å². The topological polar surface area (TPSA) is 82.8 Å². The van der Waals surface area contributed by atoms with E-state index in [1.807, 2.05) is 11.4 Å². The highest BCUT2D eigenvalue weighted by Gasteiger charge is 2.26. The molecular weight excluding hydrogens is 306 g/mol. The fourth-order valence-corrected chi connectivity index (χ4v) is 4.11. The van der Waals surface area contributed by atoms with Gasteiger partial charge in [0.2, 0.25) is 10.0 Å². The Labute approximate surface area is 127 Å². The first-order valence-electron chi connectivity index (χ1n) is 6.53. The van der Waals surface area contributed by atoms with E-state index in [-0.39, 0.29) is 17.0 Å². The largest absolute Gasteiger partial charge is 0.245 e. The Bertz CT molecular complexity index is 802. The van der Waals surface area contributed by atoms with Crippen LogP contribution in [0.3, 0.4) is 0 Å². The van der Waals surface area contributed by atoms with E-state index in [1.54, 1.807) is 23.5 Å². The number of thiazole rings is 1. The second-order valence-corrected chi connectivity index (χ2v) is 7.51. The fraction of sp³-hybridized carbons (Fsp3) is 0.286. The molecule has 5 nitrogen and oxygen atoms in total. The number of rotatable bonds is 5. The zero-order chi connectivity index (χ0) is 14.9. The van der Waals surface area contributed by atoms with Gasteiger partial charge < -0.3 is 0 Å². The van der Waals surface area contributed by atoms with E-state index in [0.29, 0.717) is 5.92 Å². The lowest BCUT2D eigenvalue weighted by molar-refractivity contribution is 0.580. The monoisotopic (exact) mass is 319 g/mol. The van der Waals surface area contributed by atoms with Crippen molar-refractivity contribution in [3.8, 4) is 6.07 Å². The van der Waals surface area contributed by atoms with Gasteiger partial charge in [-0.3, -0.25) is 0 Å². The lowest BCUT2D eigenvalue weighted by Gasteiger charge is -2.06. The van der Waals surface area contributed by atoms with Crippen LogP contribution >= 0.6 is 11.3 Å². The molecule has 1 saturated carbocycles. The van der Waals surface area contributed by atoms with E-state index in [1.165, 1.54) is 25.0 Å². The van der Waals surface area contributed by atoms with Crippen molar-refractivity contribution in [2.75, 3.05) is 0 Å². The van der Waals surface area contributed by atoms with Crippen LogP contribution in [-0.2, 0) is 16.6 Å². The van der Waals surface area contributed by atoms with Crippen LogP contribution in [0.25, 0.3) is 0 Å². The second-order valence-electron chi connectivity index (χ2n) is 4.88. The van der Waals surface area contributed by atoms with Gasteiger partial charge in [-0.15, -0.1) is 11.3 Å². The molecule has 0 radical (unpaired) electrons. The Morgan fingerprint density at radius 2 is 2.14 bits per heavy atom. The standard InChI is InChI=1S/C14H13N3O2S2/c15-7-11-3-1-2-4-13(11)21(18,19)16-8-12-9-20-14(17-12)10-5-6-10/h1-4,9-10,16H,5-6,8H2. The molecule has 1 aliphatic carbocycles. The molecule has 1 heterocycles. The van der Waals surface area contributed by atoms with Crippen LogP contribution in [0.2, 0.25) is 0 Å². The summed E-state index contributed by atoms with van der Waals surface area (Å²) in [5.74, 6) is 0.569. The van der Waals surface area contributed by atoms with E-state index >= 15 is 0 Å². The van der Waals surface area contributed by atoms with E-state index in [9.17, 15) is 8.42 Å². The summed E-state index contributed by atoms with van der Waals surface area (Å²) in [6.07, 6.45) is 2.35. The number of nitrogens with one attached hydrogen (secondary N) is 1. The Balaban J connectivity index is 1.75. The molecule has 21 heavy (non-hydrogen) atoms. The zero-order valence-electron chi connectivity index (χ0n) is 11.1. The average molecular weight is 319 g/mol. The molecule has 2 aromatic rings. The number of benzene rings is 1. The van der Waals surface area contributed by atoms with E-state index in [4.69, 9.17) is 5.26 Å². The molecule has 1 aromatic carbocycles. The van der Waals surface area contributed by atoms with Crippen LogP contribution < -0.4 is 4.72 Å². The number of nitriles is 1. The van der Waals surface area contributed by atoms with Gasteiger partial charge in [0.15, 0.2) is 0 Å². The fourth-order valence-electron chi connectivity index (χ4n) is 1.96. The maximum Gasteiger partial charge on any atom is 0.242 e. The van der Waals surface area contributed by atoms with Crippen molar-refractivity contribution < 1.29 is 8.42 Å². The van der Waals surface area contributed by atoms with Crippen molar-refractivity contribution in [2.45, 2.75) is 30.2 Å². The van der Waals surface area contributed by atoms with Gasteiger partial charge in [-0.2, -0.15) is 5.26 Å². The number of sulfonamides is 1. The molecule has 1 fully saturated rings. The van der Waals surface area contributed by atoms with Crippen LogP contribution in [0, 0.1) is 11.3 Å². The van der Waals surface area contributed by atoms with Gasteiger partial charge >= 0.3 is 0 Å². The summed E-state index contributed by atoms with van der Waals surface area (Å²) < 4.78 is 27.0. The van der Waals surface area contributed by atoms with Gasteiger partial charge in [0.1, 0.15) is 6.07 Å². The molecule has 0 bridgehead atoms. The quantitative estimate of drug-likeness (QED) is 0.917. The summed E-state index contributed by atoms with van der Waals surface area (Å²) in [4.78, 5) is 4.44. The smallest absolute Gasteiger partial charge is 0.242 e. The SMILES string of the molecule is N#Cc1ccccc1S(=O)(=O)NCc1csc(C2CC2)n1. The Hall–Kier alpha value is -1.75. The summed E-state index contributed by atoms with van der Waals surface area (Å²) >= 11 is 1.58. The summed E-state index contributed by atoms with van der Waals surface area (Å²) in [6.45, 7) is 0.144. The van der Waals surface area contributed by atoms with Crippen LogP contribution in [0.15, 0.2) is 34.5 Å². The second kappa shape index (κ2) is 5.56. The molecule has 0 aliphatic heterocycles. The molecule has 1 aromatic heterocycles. The number of hydrogen-bond donors (Lipinski definition) is 1. The number of aromatic nitrogens is 1. The van der Waals surface area contributed by atoms with Crippen molar-refractivity contribution in [1.82, 2.24) is 9.71 Å². The molecule has 3 rings (SSSR count). The van der Waals surface area contributed by atoms with Crippen molar-refractivity contribution in [1.29, 1.82) is 5.26 Å². The predicted octanol–water partition coefficient (Wildman–Crippen LogP) is 2.37. The maximum atomic E-state index is 12.3. The third-order valence-electron chi connectivity index (χ3n) is 3.24. The number of nitrogens with zero attached hydrogens (tertiary/aromatic N) is 2. The first-order valence-corrected chi connectivity index (χ1v) is 8.89. The van der Waals surface area contributed by atoms with Gasteiger partial charge in [0.25, 0.3) is 0 Å². The summed E-state index contributed by atoms with van der Waals surface area (Å²) in [6, 6.07) is 8.05. The normalized spacial score (nSPS) is 14.8. The van der Waals surface area contributed by atoms with Crippen LogP contribution in [-0.4, -0.2) is 13.4 Å². The third kappa shape index (κ3) is 3.13. The van der Waals surface area contributed by atoms with Gasteiger partial charge in [-0.1, -0.05) is 12.1 Å². The van der Waals surface area contributed by atoms with E-state index in [2.05, 4.69) is 9.71 Å². The molecule has 0 saturated heterocycles. The molecule has 108 valence electrons. The molecule has 0 unspecified atom stereocenters. The first-order chi connectivity index (χ1) is 10.1. The van der Waals surface area contributed by atoms with E-state index in [0.717, 1.165) is 10.7 Å². The van der Waals surface area contributed by atoms with Crippen molar-refractivity contribution in [2.24, 2.45) is 0 Å². The Kier molecular flexibility index (Phi) is 3.76. The number of hydrogen-bond acceptors (Lipinski definition) is 5. The average Bonchev–Trinajstić information content (AvgIpc) is 3.24. The molecule has 7 heteroatoms. The Morgan fingerprint density at radius 3 is 2.86 bits per heavy atom. The molecule has 0 atom stereocenters. The summed E-state index contributed by atoms with van der Waals surface area (Å²) in [5.41, 5.74) is 0.863. The third-order valence-corrected chi connectivity index (χ3v) is 5.75. The van der Waals surface area contributed by atoms with Gasteiger partial charge in [-0.25, -0.2) is 18.1 Å². The lowest BCUT2D eigenvalue weighted by Crippen LogP contribution is -2.24. The Morgan fingerprint density at radius 1 is 1.38 bits per heavy atom. The molecule has 0 spiro atoms. The van der Waals surface area contributed by atoms with Gasteiger partial charge in [-0.05, 0) is 25.0 Å². The summed E-state index contributed by atoms with van der Waals surface area (Å²) in [5, 5.41) is 12.0. The minimum atomic E-state index is -3.70. The van der Waals surface area contributed by atoms with Gasteiger partial charge in [0.05, 0.1) is 27.7 Å². The highest BCUT2D eigenvalue weighted by atomic mass is 32.2. The lowest BCUT2D eigenvalue weighted by atomic mass is 10.2. The van der Waals surface area contributed by atoms with Crippen molar-refractivity contribution >= 4 is 21.4 Å². The predicted molar refractivity (Wildman–Crippen MR) is 79.3 cm³/mol. The maximum absolute atomic E-state index is 12.3. The van der Waals surface area contributed by atoms with Crippen LogP contribution in [0.4, 0.5) is 0 Å².